The van der Waals surface area contributed by atoms with E-state index < -0.39 is 10.0 Å². The average molecular weight is 340 g/mol. The van der Waals surface area contributed by atoms with E-state index in [2.05, 4.69) is 11.6 Å². The molecular weight excluding hydrogens is 310 g/mol. The molecule has 0 bridgehead atoms. The van der Waals surface area contributed by atoms with Gasteiger partial charge in [-0.15, -0.1) is 0 Å². The molecule has 0 aromatic heterocycles. The SMILES string of the molecule is CCOc1ccc(S(=O)(=O)N[C@@H]2CCCC[C@@H]2C)cc1C(C)C. The molecule has 0 saturated heterocycles. The molecule has 2 atom stereocenters. The van der Waals surface area contributed by atoms with Gasteiger partial charge < -0.3 is 4.74 Å². The van der Waals surface area contributed by atoms with Gasteiger partial charge in [-0.05, 0) is 55.4 Å². The van der Waals surface area contributed by atoms with E-state index >= 15 is 0 Å². The number of benzene rings is 1. The summed E-state index contributed by atoms with van der Waals surface area (Å²) in [5.41, 5.74) is 0.936. The molecule has 1 aromatic rings. The lowest BCUT2D eigenvalue weighted by Crippen LogP contribution is -2.41. The molecule has 130 valence electrons. The maximum atomic E-state index is 12.7. The maximum absolute atomic E-state index is 12.7. The van der Waals surface area contributed by atoms with Crippen molar-refractivity contribution < 1.29 is 13.2 Å². The van der Waals surface area contributed by atoms with Gasteiger partial charge in [0.15, 0.2) is 0 Å². The van der Waals surface area contributed by atoms with Crippen molar-refractivity contribution >= 4 is 10.0 Å². The number of sulfonamides is 1. The van der Waals surface area contributed by atoms with E-state index in [1.165, 1.54) is 6.42 Å². The molecule has 0 unspecified atom stereocenters. The van der Waals surface area contributed by atoms with Crippen molar-refractivity contribution in [1.82, 2.24) is 4.72 Å². The molecule has 4 nitrogen and oxygen atoms in total. The molecule has 1 aliphatic carbocycles. The second-order valence-corrected chi connectivity index (χ2v) is 8.49. The molecule has 0 heterocycles. The fourth-order valence-electron chi connectivity index (χ4n) is 3.19. The lowest BCUT2D eigenvalue weighted by molar-refractivity contribution is 0.310. The largest absolute Gasteiger partial charge is 0.494 e. The summed E-state index contributed by atoms with van der Waals surface area (Å²) in [6.07, 6.45) is 4.31. The molecule has 0 aliphatic heterocycles. The lowest BCUT2D eigenvalue weighted by atomic mass is 9.87. The smallest absolute Gasteiger partial charge is 0.240 e. The van der Waals surface area contributed by atoms with Crippen molar-refractivity contribution in [2.24, 2.45) is 5.92 Å². The van der Waals surface area contributed by atoms with Gasteiger partial charge in [-0.1, -0.05) is 33.6 Å². The summed E-state index contributed by atoms with van der Waals surface area (Å²) in [6.45, 7) is 8.73. The Bertz CT molecular complexity index is 625. The molecule has 1 aliphatic rings. The molecular formula is C18H29NO3S. The summed E-state index contributed by atoms with van der Waals surface area (Å²) in [4.78, 5) is 0.336. The fourth-order valence-corrected chi connectivity index (χ4v) is 4.60. The Hall–Kier alpha value is -1.07. The van der Waals surface area contributed by atoms with Crippen molar-refractivity contribution in [3.63, 3.8) is 0 Å². The first-order chi connectivity index (χ1) is 10.8. The van der Waals surface area contributed by atoms with Crippen LogP contribution in [-0.2, 0) is 10.0 Å². The predicted octanol–water partition coefficient (Wildman–Crippen LogP) is 4.07. The van der Waals surface area contributed by atoms with Gasteiger partial charge in [0.25, 0.3) is 0 Å². The molecule has 1 fully saturated rings. The summed E-state index contributed by atoms with van der Waals surface area (Å²) in [5, 5.41) is 0. The molecule has 2 rings (SSSR count). The van der Waals surface area contributed by atoms with E-state index in [9.17, 15) is 8.42 Å². The van der Waals surface area contributed by atoms with Crippen molar-refractivity contribution in [1.29, 1.82) is 0 Å². The number of hydrogen-bond acceptors (Lipinski definition) is 3. The Labute approximate surface area is 140 Å². The highest BCUT2D eigenvalue weighted by molar-refractivity contribution is 7.89. The molecule has 1 saturated carbocycles. The van der Waals surface area contributed by atoms with Crippen LogP contribution < -0.4 is 9.46 Å². The van der Waals surface area contributed by atoms with E-state index in [1.54, 1.807) is 18.2 Å². The van der Waals surface area contributed by atoms with Crippen LogP contribution in [0.4, 0.5) is 0 Å². The minimum Gasteiger partial charge on any atom is -0.494 e. The third-order valence-electron chi connectivity index (χ3n) is 4.63. The first-order valence-corrected chi connectivity index (χ1v) is 10.1. The van der Waals surface area contributed by atoms with Crippen molar-refractivity contribution in [2.75, 3.05) is 6.61 Å². The summed E-state index contributed by atoms with van der Waals surface area (Å²) >= 11 is 0. The minimum absolute atomic E-state index is 0.0443. The molecule has 0 spiro atoms. The van der Waals surface area contributed by atoms with Crippen LogP contribution in [0.2, 0.25) is 0 Å². The Morgan fingerprint density at radius 1 is 1.26 bits per heavy atom. The van der Waals surface area contributed by atoms with Crippen LogP contribution in [0.5, 0.6) is 5.75 Å². The van der Waals surface area contributed by atoms with Gasteiger partial charge >= 0.3 is 0 Å². The topological polar surface area (TPSA) is 55.4 Å². The van der Waals surface area contributed by atoms with Gasteiger partial charge in [-0.25, -0.2) is 13.1 Å². The average Bonchev–Trinajstić information content (AvgIpc) is 2.50. The standard InChI is InChI=1S/C18H29NO3S/c1-5-22-18-11-10-15(12-16(18)13(2)3)23(20,21)19-17-9-7-6-8-14(17)4/h10-14,17,19H,5-9H2,1-4H3/t14-,17+/m0/s1. The summed E-state index contributed by atoms with van der Waals surface area (Å²) in [5.74, 6) is 1.37. The first kappa shape index (κ1) is 18.3. The zero-order valence-corrected chi connectivity index (χ0v) is 15.4. The third-order valence-corrected chi connectivity index (χ3v) is 6.12. The van der Waals surface area contributed by atoms with Crippen LogP contribution in [0.25, 0.3) is 0 Å². The Morgan fingerprint density at radius 2 is 1.96 bits per heavy atom. The minimum atomic E-state index is -3.49. The number of ether oxygens (including phenoxy) is 1. The van der Waals surface area contributed by atoms with Crippen LogP contribution in [0, 0.1) is 5.92 Å². The summed E-state index contributed by atoms with van der Waals surface area (Å²) < 4.78 is 34.0. The summed E-state index contributed by atoms with van der Waals surface area (Å²) in [6, 6.07) is 5.22. The second-order valence-electron chi connectivity index (χ2n) is 6.78. The van der Waals surface area contributed by atoms with Crippen molar-refractivity contribution in [3.05, 3.63) is 23.8 Å². The van der Waals surface area contributed by atoms with Crippen LogP contribution >= 0.6 is 0 Å². The highest BCUT2D eigenvalue weighted by Crippen LogP contribution is 2.30. The molecule has 1 N–H and O–H groups in total. The fraction of sp³-hybridized carbons (Fsp3) is 0.667. The third kappa shape index (κ3) is 4.48. The number of nitrogens with one attached hydrogen (secondary N) is 1. The second kappa shape index (κ2) is 7.67. The molecule has 0 radical (unpaired) electrons. The number of rotatable bonds is 6. The molecule has 1 aromatic carbocycles. The molecule has 5 heteroatoms. The molecule has 0 amide bonds. The Balaban J connectivity index is 2.26. The van der Waals surface area contributed by atoms with Gasteiger partial charge in [0, 0.05) is 6.04 Å². The van der Waals surface area contributed by atoms with Gasteiger partial charge in [0.2, 0.25) is 10.0 Å². The zero-order valence-electron chi connectivity index (χ0n) is 14.6. The van der Waals surface area contributed by atoms with Crippen molar-refractivity contribution in [2.45, 2.75) is 70.2 Å². The normalized spacial score (nSPS) is 22.3. The predicted molar refractivity (Wildman–Crippen MR) is 93.4 cm³/mol. The van der Waals surface area contributed by atoms with E-state index in [-0.39, 0.29) is 12.0 Å². The van der Waals surface area contributed by atoms with Gasteiger partial charge in [0.05, 0.1) is 11.5 Å². The van der Waals surface area contributed by atoms with Gasteiger partial charge in [0.1, 0.15) is 5.75 Å². The maximum Gasteiger partial charge on any atom is 0.240 e. The highest BCUT2D eigenvalue weighted by atomic mass is 32.2. The van der Waals surface area contributed by atoms with Crippen molar-refractivity contribution in [3.8, 4) is 5.75 Å². The van der Waals surface area contributed by atoms with E-state index in [4.69, 9.17) is 4.74 Å². The van der Waals surface area contributed by atoms with E-state index in [0.29, 0.717) is 17.4 Å². The van der Waals surface area contributed by atoms with Crippen LogP contribution in [0.3, 0.4) is 0 Å². The Morgan fingerprint density at radius 3 is 2.57 bits per heavy atom. The van der Waals surface area contributed by atoms with Gasteiger partial charge in [-0.2, -0.15) is 0 Å². The zero-order chi connectivity index (χ0) is 17.0. The monoisotopic (exact) mass is 339 g/mol. The Kier molecular flexibility index (Phi) is 6.09. The van der Waals surface area contributed by atoms with Crippen LogP contribution in [0.1, 0.15) is 64.9 Å². The quantitative estimate of drug-likeness (QED) is 0.850. The van der Waals surface area contributed by atoms with Crippen LogP contribution in [-0.4, -0.2) is 21.1 Å². The first-order valence-electron chi connectivity index (χ1n) is 8.64. The number of hydrogen-bond donors (Lipinski definition) is 1. The summed E-state index contributed by atoms with van der Waals surface area (Å²) in [7, 11) is -3.49. The van der Waals surface area contributed by atoms with Crippen LogP contribution in [0.15, 0.2) is 23.1 Å². The van der Waals surface area contributed by atoms with Gasteiger partial charge in [-0.3, -0.25) is 0 Å². The van der Waals surface area contributed by atoms with E-state index in [1.807, 2.05) is 20.8 Å². The molecule has 23 heavy (non-hydrogen) atoms. The lowest BCUT2D eigenvalue weighted by Gasteiger charge is -2.29. The van der Waals surface area contributed by atoms with E-state index in [0.717, 1.165) is 30.6 Å². The highest BCUT2D eigenvalue weighted by Gasteiger charge is 2.27.